The van der Waals surface area contributed by atoms with E-state index in [0.29, 0.717) is 31.5 Å². The first-order chi connectivity index (χ1) is 12.4. The summed E-state index contributed by atoms with van der Waals surface area (Å²) in [6.45, 7) is 5.11. The van der Waals surface area contributed by atoms with Crippen LogP contribution in [-0.2, 0) is 4.79 Å². The molecule has 138 valence electrons. The fraction of sp³-hybridized carbons (Fsp3) is 0.381. The van der Waals surface area contributed by atoms with Gasteiger partial charge in [-0.2, -0.15) is 0 Å². The second-order valence-electron chi connectivity index (χ2n) is 7.08. The normalized spacial score (nSPS) is 17.2. The average Bonchev–Trinajstić information content (AvgIpc) is 2.59. The van der Waals surface area contributed by atoms with Gasteiger partial charge in [0.1, 0.15) is 11.6 Å². The Morgan fingerprint density at radius 3 is 2.31 bits per heavy atom. The van der Waals surface area contributed by atoms with Crippen molar-refractivity contribution in [3.8, 4) is 0 Å². The van der Waals surface area contributed by atoms with Crippen molar-refractivity contribution in [3.63, 3.8) is 0 Å². The Bertz CT molecular complexity index is 762. The van der Waals surface area contributed by atoms with Gasteiger partial charge in [0.25, 0.3) is 0 Å². The summed E-state index contributed by atoms with van der Waals surface area (Å²) in [4.78, 5) is 13.3. The van der Waals surface area contributed by atoms with Gasteiger partial charge in [0, 0.05) is 11.6 Å². The van der Waals surface area contributed by atoms with E-state index in [1.807, 2.05) is 32.0 Å². The molecule has 1 heterocycles. The highest BCUT2D eigenvalue weighted by Crippen LogP contribution is 2.35. The van der Waals surface area contributed by atoms with Crippen LogP contribution in [0.15, 0.2) is 36.4 Å². The van der Waals surface area contributed by atoms with Crippen molar-refractivity contribution in [2.45, 2.75) is 32.7 Å². The van der Waals surface area contributed by atoms with Crippen molar-refractivity contribution in [3.05, 3.63) is 70.3 Å². The Morgan fingerprint density at radius 1 is 1.08 bits per heavy atom. The van der Waals surface area contributed by atoms with Gasteiger partial charge in [-0.1, -0.05) is 29.8 Å². The fourth-order valence-electron chi connectivity index (χ4n) is 3.82. The minimum Gasteiger partial charge on any atom is -0.481 e. The number of nitrogens with zero attached hydrogens (tertiary/aromatic N) is 1. The smallest absolute Gasteiger partial charge is 0.306 e. The Kier molecular flexibility index (Phi) is 5.37. The summed E-state index contributed by atoms with van der Waals surface area (Å²) in [6, 6.07) is 9.36. The van der Waals surface area contributed by atoms with Crippen LogP contribution < -0.4 is 0 Å². The van der Waals surface area contributed by atoms with E-state index in [-0.39, 0.29) is 12.0 Å². The third-order valence-corrected chi connectivity index (χ3v) is 5.22. The van der Waals surface area contributed by atoms with E-state index in [4.69, 9.17) is 0 Å². The van der Waals surface area contributed by atoms with Crippen LogP contribution in [0, 0.1) is 31.4 Å². The predicted octanol–water partition coefficient (Wildman–Crippen LogP) is 4.47. The summed E-state index contributed by atoms with van der Waals surface area (Å²) in [5.41, 5.74) is 3.55. The van der Waals surface area contributed by atoms with Crippen LogP contribution in [0.25, 0.3) is 0 Å². The van der Waals surface area contributed by atoms with Crippen molar-refractivity contribution in [2.75, 3.05) is 13.1 Å². The molecule has 2 aromatic carbocycles. The Balaban J connectivity index is 2.01. The van der Waals surface area contributed by atoms with Gasteiger partial charge in [-0.25, -0.2) is 8.78 Å². The number of rotatable bonds is 4. The first-order valence-corrected chi connectivity index (χ1v) is 8.85. The summed E-state index contributed by atoms with van der Waals surface area (Å²) in [6.07, 6.45) is 1.05. The van der Waals surface area contributed by atoms with Crippen LogP contribution in [-0.4, -0.2) is 29.1 Å². The van der Waals surface area contributed by atoms with E-state index >= 15 is 0 Å². The van der Waals surface area contributed by atoms with Gasteiger partial charge in [-0.15, -0.1) is 0 Å². The van der Waals surface area contributed by atoms with Crippen molar-refractivity contribution < 1.29 is 18.7 Å². The number of aryl methyl sites for hydroxylation is 2. The van der Waals surface area contributed by atoms with Crippen LogP contribution >= 0.6 is 0 Å². The molecule has 0 radical (unpaired) electrons. The van der Waals surface area contributed by atoms with Crippen molar-refractivity contribution in [1.82, 2.24) is 4.90 Å². The summed E-state index contributed by atoms with van der Waals surface area (Å²) in [7, 11) is 0. The van der Waals surface area contributed by atoms with Crippen LogP contribution in [0.3, 0.4) is 0 Å². The van der Waals surface area contributed by atoms with Gasteiger partial charge >= 0.3 is 5.97 Å². The summed E-state index contributed by atoms with van der Waals surface area (Å²) >= 11 is 0. The maximum Gasteiger partial charge on any atom is 0.306 e. The molecule has 3 nitrogen and oxygen atoms in total. The average molecular weight is 359 g/mol. The monoisotopic (exact) mass is 359 g/mol. The maximum absolute atomic E-state index is 14.6. The third kappa shape index (κ3) is 3.78. The van der Waals surface area contributed by atoms with Crippen LogP contribution in [0.2, 0.25) is 0 Å². The van der Waals surface area contributed by atoms with E-state index in [1.54, 1.807) is 0 Å². The van der Waals surface area contributed by atoms with E-state index in [0.717, 1.165) is 22.8 Å². The molecule has 1 atom stereocenters. The first kappa shape index (κ1) is 18.5. The van der Waals surface area contributed by atoms with E-state index < -0.39 is 17.6 Å². The topological polar surface area (TPSA) is 40.5 Å². The number of hydrogen-bond acceptors (Lipinski definition) is 2. The van der Waals surface area contributed by atoms with Gasteiger partial charge in [-0.05, 0) is 57.0 Å². The molecule has 3 rings (SSSR count). The second kappa shape index (κ2) is 7.54. The fourth-order valence-corrected chi connectivity index (χ4v) is 3.82. The number of carboxylic acid groups (broad SMARTS) is 1. The van der Waals surface area contributed by atoms with E-state index in [2.05, 4.69) is 4.90 Å². The molecule has 2 aromatic rings. The number of carbonyl (C=O) groups is 1. The Morgan fingerprint density at radius 2 is 1.73 bits per heavy atom. The quantitative estimate of drug-likeness (QED) is 0.876. The van der Waals surface area contributed by atoms with Crippen molar-refractivity contribution in [1.29, 1.82) is 0 Å². The molecule has 0 aromatic heterocycles. The molecule has 1 fully saturated rings. The number of hydrogen-bond donors (Lipinski definition) is 1. The lowest BCUT2D eigenvalue weighted by atomic mass is 9.89. The predicted molar refractivity (Wildman–Crippen MR) is 96.0 cm³/mol. The number of benzene rings is 2. The molecular formula is C21H23F2NO2. The van der Waals surface area contributed by atoms with Crippen LogP contribution in [0.4, 0.5) is 8.78 Å². The lowest BCUT2D eigenvalue weighted by molar-refractivity contribution is -0.143. The zero-order valence-electron chi connectivity index (χ0n) is 15.0. The number of piperidine rings is 1. The minimum absolute atomic E-state index is 0.356. The minimum atomic E-state index is -0.777. The molecule has 1 aliphatic rings. The summed E-state index contributed by atoms with van der Waals surface area (Å²) in [5, 5.41) is 9.23. The lowest BCUT2D eigenvalue weighted by Crippen LogP contribution is -2.39. The van der Waals surface area contributed by atoms with Gasteiger partial charge in [0.2, 0.25) is 0 Å². The maximum atomic E-state index is 14.6. The molecule has 1 aliphatic heterocycles. The van der Waals surface area contributed by atoms with E-state index in [1.165, 1.54) is 12.1 Å². The lowest BCUT2D eigenvalue weighted by Gasteiger charge is -2.38. The SMILES string of the molecule is Cc1ccc(C(c2ccc(F)cc2F)N2CCC(C(=O)O)CC2)c(C)c1. The largest absolute Gasteiger partial charge is 0.481 e. The van der Waals surface area contributed by atoms with Gasteiger partial charge < -0.3 is 5.11 Å². The molecule has 0 saturated carbocycles. The molecule has 5 heteroatoms. The zero-order valence-corrected chi connectivity index (χ0v) is 15.0. The first-order valence-electron chi connectivity index (χ1n) is 8.85. The number of likely N-dealkylation sites (tertiary alicyclic amines) is 1. The van der Waals surface area contributed by atoms with Gasteiger partial charge in [0.15, 0.2) is 0 Å². The molecule has 0 amide bonds. The van der Waals surface area contributed by atoms with Gasteiger partial charge in [-0.3, -0.25) is 9.69 Å². The van der Waals surface area contributed by atoms with Crippen LogP contribution in [0.5, 0.6) is 0 Å². The standard InChI is InChI=1S/C21H23F2NO2/c1-13-3-5-17(14(2)11-13)20(18-6-4-16(22)12-19(18)23)24-9-7-15(8-10-24)21(25)26/h3-6,11-12,15,20H,7-10H2,1-2H3,(H,25,26). The van der Waals surface area contributed by atoms with Crippen LogP contribution in [0.1, 0.15) is 41.1 Å². The third-order valence-electron chi connectivity index (χ3n) is 5.22. The number of aliphatic carboxylic acids is 1. The zero-order chi connectivity index (χ0) is 18.8. The summed E-state index contributed by atoms with van der Waals surface area (Å²) in [5.74, 6) is -2.31. The molecule has 0 spiro atoms. The van der Waals surface area contributed by atoms with Crippen molar-refractivity contribution in [2.24, 2.45) is 5.92 Å². The molecular weight excluding hydrogens is 336 g/mol. The summed E-state index contributed by atoms with van der Waals surface area (Å²) < 4.78 is 28.0. The molecule has 1 unspecified atom stereocenters. The molecule has 26 heavy (non-hydrogen) atoms. The molecule has 0 aliphatic carbocycles. The molecule has 1 saturated heterocycles. The molecule has 1 N–H and O–H groups in total. The highest BCUT2D eigenvalue weighted by atomic mass is 19.1. The highest BCUT2D eigenvalue weighted by Gasteiger charge is 2.32. The Labute approximate surface area is 152 Å². The van der Waals surface area contributed by atoms with E-state index in [9.17, 15) is 18.7 Å². The number of carboxylic acids is 1. The molecule has 0 bridgehead atoms. The second-order valence-corrected chi connectivity index (χ2v) is 7.08. The highest BCUT2D eigenvalue weighted by molar-refractivity contribution is 5.70. The Hall–Kier alpha value is -2.27. The van der Waals surface area contributed by atoms with Gasteiger partial charge in [0.05, 0.1) is 12.0 Å². The van der Waals surface area contributed by atoms with Crippen molar-refractivity contribution >= 4 is 5.97 Å². The number of halogens is 2.